The molecule has 4 heteroatoms. The Kier molecular flexibility index (Phi) is 2.54. The summed E-state index contributed by atoms with van der Waals surface area (Å²) in [5.74, 6) is 0.511. The highest BCUT2D eigenvalue weighted by molar-refractivity contribution is 5.80. The molecule has 2 bridgehead atoms. The van der Waals surface area contributed by atoms with Crippen molar-refractivity contribution in [2.45, 2.75) is 44.5 Å². The summed E-state index contributed by atoms with van der Waals surface area (Å²) in [6, 6.07) is 0. The van der Waals surface area contributed by atoms with Crippen LogP contribution in [0.1, 0.15) is 26.2 Å². The van der Waals surface area contributed by atoms with E-state index in [1.165, 1.54) is 6.92 Å². The maximum absolute atomic E-state index is 11.6. The fourth-order valence-electron chi connectivity index (χ4n) is 3.43. The van der Waals surface area contributed by atoms with Gasteiger partial charge in [0.15, 0.2) is 0 Å². The molecule has 0 N–H and O–H groups in total. The SMILES string of the molecule is CC(=O)OC1C=CC[C@@H]2[C@H]1[C@H]1CC(=O)C[C@@H]2O1. The zero-order chi connectivity index (χ0) is 12.0. The van der Waals surface area contributed by atoms with E-state index in [-0.39, 0.29) is 36.0 Å². The Morgan fingerprint density at radius 2 is 2.18 bits per heavy atom. The smallest absolute Gasteiger partial charge is 0.303 e. The number of allylic oxidation sites excluding steroid dienone is 1. The zero-order valence-electron chi connectivity index (χ0n) is 9.80. The first-order valence-electron chi connectivity index (χ1n) is 6.16. The number of carbonyl (C=O) groups excluding carboxylic acids is 2. The van der Waals surface area contributed by atoms with E-state index in [1.807, 2.05) is 12.2 Å². The van der Waals surface area contributed by atoms with Crippen LogP contribution in [0, 0.1) is 11.8 Å². The van der Waals surface area contributed by atoms with Gasteiger partial charge in [-0.1, -0.05) is 6.08 Å². The first kappa shape index (κ1) is 11.0. The van der Waals surface area contributed by atoms with Crippen LogP contribution in [-0.4, -0.2) is 30.1 Å². The van der Waals surface area contributed by atoms with Gasteiger partial charge in [-0.3, -0.25) is 9.59 Å². The lowest BCUT2D eigenvalue weighted by molar-refractivity contribution is -0.148. The van der Waals surface area contributed by atoms with Crippen LogP contribution in [0.3, 0.4) is 0 Å². The van der Waals surface area contributed by atoms with Gasteiger partial charge in [-0.2, -0.15) is 0 Å². The monoisotopic (exact) mass is 236 g/mol. The van der Waals surface area contributed by atoms with Gasteiger partial charge in [0.25, 0.3) is 0 Å². The maximum Gasteiger partial charge on any atom is 0.303 e. The number of carbonyl (C=O) groups is 2. The maximum atomic E-state index is 11.6. The van der Waals surface area contributed by atoms with Crippen LogP contribution in [0.4, 0.5) is 0 Å². The van der Waals surface area contributed by atoms with Crippen molar-refractivity contribution < 1.29 is 19.1 Å². The molecular weight excluding hydrogens is 220 g/mol. The van der Waals surface area contributed by atoms with Crippen LogP contribution in [0.25, 0.3) is 0 Å². The summed E-state index contributed by atoms with van der Waals surface area (Å²) in [6.45, 7) is 1.42. The number of hydrogen-bond acceptors (Lipinski definition) is 4. The molecule has 1 aliphatic carbocycles. The lowest BCUT2D eigenvalue weighted by Gasteiger charge is -2.30. The van der Waals surface area contributed by atoms with Crippen LogP contribution >= 0.6 is 0 Å². The Bertz CT molecular complexity index is 387. The molecule has 2 fully saturated rings. The number of rotatable bonds is 1. The van der Waals surface area contributed by atoms with E-state index < -0.39 is 0 Å². The Balaban J connectivity index is 1.85. The van der Waals surface area contributed by atoms with E-state index in [0.717, 1.165) is 6.42 Å². The predicted octanol–water partition coefficient (Wildman–Crippen LogP) is 1.24. The van der Waals surface area contributed by atoms with Gasteiger partial charge in [0, 0.05) is 25.7 Å². The third kappa shape index (κ3) is 1.80. The lowest BCUT2D eigenvalue weighted by Crippen LogP contribution is -2.36. The van der Waals surface area contributed by atoms with E-state index in [0.29, 0.717) is 18.8 Å². The minimum atomic E-state index is -0.270. The van der Waals surface area contributed by atoms with Gasteiger partial charge < -0.3 is 9.47 Å². The van der Waals surface area contributed by atoms with Crippen LogP contribution in [0.2, 0.25) is 0 Å². The first-order chi connectivity index (χ1) is 8.15. The molecule has 2 heterocycles. The van der Waals surface area contributed by atoms with E-state index >= 15 is 0 Å². The highest BCUT2D eigenvalue weighted by atomic mass is 16.5. The number of ether oxygens (including phenoxy) is 2. The highest BCUT2D eigenvalue weighted by Gasteiger charge is 2.52. The normalized spacial score (nSPS) is 43.4. The van der Waals surface area contributed by atoms with Crippen molar-refractivity contribution >= 4 is 11.8 Å². The number of fused-ring (bicyclic) bond motifs is 5. The van der Waals surface area contributed by atoms with Crippen LogP contribution < -0.4 is 0 Å². The molecule has 2 aliphatic heterocycles. The molecule has 0 saturated carbocycles. The number of Topliss-reactive ketones (excluding diaryl/α,β-unsaturated/α-hetero) is 1. The van der Waals surface area contributed by atoms with Gasteiger partial charge in [-0.15, -0.1) is 0 Å². The average Bonchev–Trinajstić information content (AvgIpc) is 2.51. The molecule has 0 radical (unpaired) electrons. The van der Waals surface area contributed by atoms with Gasteiger partial charge in [0.1, 0.15) is 11.9 Å². The molecular formula is C13H16O4. The summed E-state index contributed by atoms with van der Waals surface area (Å²) >= 11 is 0. The average molecular weight is 236 g/mol. The molecule has 0 amide bonds. The predicted molar refractivity (Wildman–Crippen MR) is 59.2 cm³/mol. The Hall–Kier alpha value is -1.16. The minimum absolute atomic E-state index is 0.0364. The number of hydrogen-bond donors (Lipinski definition) is 0. The highest BCUT2D eigenvalue weighted by Crippen LogP contribution is 2.46. The molecule has 0 aromatic rings. The molecule has 0 aromatic heterocycles. The van der Waals surface area contributed by atoms with Crippen LogP contribution in [-0.2, 0) is 19.1 Å². The molecule has 2 saturated heterocycles. The second kappa shape index (κ2) is 3.95. The van der Waals surface area contributed by atoms with Crippen molar-refractivity contribution in [2.75, 3.05) is 0 Å². The largest absolute Gasteiger partial charge is 0.458 e. The molecule has 3 aliphatic rings. The summed E-state index contributed by atoms with van der Waals surface area (Å²) in [5, 5.41) is 0. The molecule has 4 nitrogen and oxygen atoms in total. The summed E-state index contributed by atoms with van der Waals surface area (Å²) in [6.07, 6.45) is 5.68. The Morgan fingerprint density at radius 3 is 2.94 bits per heavy atom. The molecule has 1 unspecified atom stereocenters. The second-order valence-corrected chi connectivity index (χ2v) is 5.14. The number of ketones is 1. The summed E-state index contributed by atoms with van der Waals surface area (Å²) in [7, 11) is 0. The Morgan fingerprint density at radius 1 is 1.41 bits per heavy atom. The van der Waals surface area contributed by atoms with Crippen molar-refractivity contribution in [3.05, 3.63) is 12.2 Å². The first-order valence-corrected chi connectivity index (χ1v) is 6.16. The molecule has 3 rings (SSSR count). The summed E-state index contributed by atoms with van der Waals surface area (Å²) in [5.41, 5.74) is 0. The van der Waals surface area contributed by atoms with Gasteiger partial charge in [-0.25, -0.2) is 0 Å². The summed E-state index contributed by atoms with van der Waals surface area (Å²) < 4.78 is 11.2. The van der Waals surface area contributed by atoms with E-state index in [1.54, 1.807) is 0 Å². The standard InChI is InChI=1S/C13H16O4/c1-7(14)16-10-4-2-3-9-11-5-8(15)6-12(17-11)13(9)10/h2,4,9-13H,3,5-6H2,1H3/t9-,10?,11-,12+,13+/m0/s1. The second-order valence-electron chi connectivity index (χ2n) is 5.14. The zero-order valence-corrected chi connectivity index (χ0v) is 9.80. The van der Waals surface area contributed by atoms with Gasteiger partial charge in [0.05, 0.1) is 12.2 Å². The topological polar surface area (TPSA) is 52.6 Å². The van der Waals surface area contributed by atoms with Crippen molar-refractivity contribution in [3.8, 4) is 0 Å². The lowest BCUT2D eigenvalue weighted by atomic mass is 9.78. The number of esters is 1. The molecule has 17 heavy (non-hydrogen) atoms. The van der Waals surface area contributed by atoms with Crippen molar-refractivity contribution in [1.29, 1.82) is 0 Å². The van der Waals surface area contributed by atoms with E-state index in [9.17, 15) is 9.59 Å². The molecule has 5 atom stereocenters. The quantitative estimate of drug-likeness (QED) is 0.507. The van der Waals surface area contributed by atoms with E-state index in [4.69, 9.17) is 9.47 Å². The van der Waals surface area contributed by atoms with Gasteiger partial charge >= 0.3 is 5.97 Å². The van der Waals surface area contributed by atoms with Crippen LogP contribution in [0.5, 0.6) is 0 Å². The molecule has 0 spiro atoms. The van der Waals surface area contributed by atoms with Gasteiger partial charge in [0.2, 0.25) is 0 Å². The van der Waals surface area contributed by atoms with Crippen molar-refractivity contribution in [3.63, 3.8) is 0 Å². The van der Waals surface area contributed by atoms with Crippen LogP contribution in [0.15, 0.2) is 12.2 Å². The molecule has 0 aromatic carbocycles. The summed E-state index contributed by atoms with van der Waals surface area (Å²) in [4.78, 5) is 22.7. The van der Waals surface area contributed by atoms with Crippen molar-refractivity contribution in [1.82, 2.24) is 0 Å². The minimum Gasteiger partial charge on any atom is -0.458 e. The van der Waals surface area contributed by atoms with Crippen molar-refractivity contribution in [2.24, 2.45) is 11.8 Å². The third-order valence-electron chi connectivity index (χ3n) is 4.02. The fourth-order valence-corrected chi connectivity index (χ4v) is 3.43. The van der Waals surface area contributed by atoms with Gasteiger partial charge in [-0.05, 0) is 18.4 Å². The molecule has 92 valence electrons. The third-order valence-corrected chi connectivity index (χ3v) is 4.02. The Labute approximate surface area is 100.0 Å². The van der Waals surface area contributed by atoms with E-state index in [2.05, 4.69) is 0 Å². The fraction of sp³-hybridized carbons (Fsp3) is 0.692.